The van der Waals surface area contributed by atoms with Crippen LogP contribution in [0.5, 0.6) is 5.75 Å². The van der Waals surface area contributed by atoms with Gasteiger partial charge in [0, 0.05) is 0 Å². The second-order valence-electron chi connectivity index (χ2n) is 6.28. The monoisotopic (exact) mass is 309 g/mol. The summed E-state index contributed by atoms with van der Waals surface area (Å²) in [4.78, 5) is 11.5. The summed E-state index contributed by atoms with van der Waals surface area (Å²) in [5.74, 6) is 0.760. The number of amides is 1. The molecule has 1 rings (SSSR count). The minimum atomic E-state index is -0.490. The summed E-state index contributed by atoms with van der Waals surface area (Å²) in [7, 11) is 0. The maximum atomic E-state index is 11.5. The maximum Gasteiger partial charge on any atom is 0.407 e. The van der Waals surface area contributed by atoms with Crippen LogP contribution in [-0.2, 0) is 16.1 Å². The van der Waals surface area contributed by atoms with Crippen LogP contribution in [0.15, 0.2) is 24.3 Å². The lowest BCUT2D eigenvalue weighted by Gasteiger charge is -2.19. The van der Waals surface area contributed by atoms with Crippen LogP contribution in [0.2, 0.25) is 0 Å². The normalized spacial score (nSPS) is 11.4. The molecule has 0 spiro atoms. The van der Waals surface area contributed by atoms with E-state index in [-0.39, 0.29) is 6.10 Å². The molecule has 0 unspecified atom stereocenters. The molecule has 0 fully saturated rings. The van der Waals surface area contributed by atoms with Gasteiger partial charge in [0.1, 0.15) is 18.0 Å². The number of carbonyl (C=O) groups excluding carboxylic acids is 1. The van der Waals surface area contributed by atoms with Gasteiger partial charge in [-0.15, -0.1) is 0 Å². The van der Waals surface area contributed by atoms with Gasteiger partial charge in [0.25, 0.3) is 0 Å². The third kappa shape index (κ3) is 8.52. The Bertz CT molecular complexity index is 466. The number of rotatable bonds is 7. The topological polar surface area (TPSA) is 56.8 Å². The quantitative estimate of drug-likeness (QED) is 0.783. The van der Waals surface area contributed by atoms with Gasteiger partial charge in [-0.25, -0.2) is 4.79 Å². The highest BCUT2D eigenvalue weighted by atomic mass is 16.6. The van der Waals surface area contributed by atoms with Gasteiger partial charge in [0.05, 0.1) is 19.3 Å². The van der Waals surface area contributed by atoms with E-state index in [0.717, 1.165) is 11.3 Å². The molecule has 22 heavy (non-hydrogen) atoms. The molecule has 0 atom stereocenters. The van der Waals surface area contributed by atoms with Crippen LogP contribution in [0.1, 0.15) is 40.2 Å². The molecule has 0 aliphatic heterocycles. The van der Waals surface area contributed by atoms with Gasteiger partial charge in [-0.3, -0.25) is 0 Å². The van der Waals surface area contributed by atoms with Gasteiger partial charge in [-0.1, -0.05) is 12.1 Å². The Kier molecular flexibility index (Phi) is 7.18. The van der Waals surface area contributed by atoms with Crippen molar-refractivity contribution in [2.75, 3.05) is 13.2 Å². The molecule has 0 saturated heterocycles. The molecule has 5 nitrogen and oxygen atoms in total. The minimum absolute atomic E-state index is 0.197. The fraction of sp³-hybridized carbons (Fsp3) is 0.588. The van der Waals surface area contributed by atoms with Crippen molar-refractivity contribution in [3.8, 4) is 5.75 Å². The number of carbonyl (C=O) groups is 1. The lowest BCUT2D eigenvalue weighted by atomic mass is 10.2. The van der Waals surface area contributed by atoms with Crippen molar-refractivity contribution in [3.63, 3.8) is 0 Å². The maximum absolute atomic E-state index is 11.5. The van der Waals surface area contributed by atoms with E-state index >= 15 is 0 Å². The van der Waals surface area contributed by atoms with Crippen molar-refractivity contribution >= 4 is 6.09 Å². The zero-order valence-electron chi connectivity index (χ0n) is 14.1. The molecule has 1 aromatic carbocycles. The lowest BCUT2D eigenvalue weighted by molar-refractivity contribution is 0.0520. The Labute approximate surface area is 132 Å². The largest absolute Gasteiger partial charge is 0.492 e. The number of hydrogen-bond donors (Lipinski definition) is 1. The zero-order chi connectivity index (χ0) is 16.6. The van der Waals surface area contributed by atoms with Crippen LogP contribution in [0.3, 0.4) is 0 Å². The molecular formula is C17H27NO4. The predicted octanol–water partition coefficient (Wildman–Crippen LogP) is 3.52. The van der Waals surface area contributed by atoms with Crippen molar-refractivity contribution in [2.45, 2.75) is 52.9 Å². The summed E-state index contributed by atoms with van der Waals surface area (Å²) < 4.78 is 16.3. The molecule has 0 bridgehead atoms. The first-order chi connectivity index (χ1) is 10.3. The highest BCUT2D eigenvalue weighted by Crippen LogP contribution is 2.14. The van der Waals surface area contributed by atoms with Gasteiger partial charge in [-0.05, 0) is 52.3 Å². The Hall–Kier alpha value is -1.75. The summed E-state index contributed by atoms with van der Waals surface area (Å²) in [6.45, 7) is 10.8. The van der Waals surface area contributed by atoms with Crippen molar-refractivity contribution in [1.29, 1.82) is 0 Å². The fourth-order valence-corrected chi connectivity index (χ4v) is 1.62. The molecule has 1 amide bonds. The second-order valence-corrected chi connectivity index (χ2v) is 6.28. The number of benzene rings is 1. The highest BCUT2D eigenvalue weighted by Gasteiger charge is 2.15. The fourth-order valence-electron chi connectivity index (χ4n) is 1.62. The molecule has 0 aliphatic carbocycles. The molecule has 0 aromatic heterocycles. The molecule has 0 saturated carbocycles. The molecule has 1 N–H and O–H groups in total. The number of ether oxygens (including phenoxy) is 3. The first-order valence-electron chi connectivity index (χ1n) is 7.56. The van der Waals surface area contributed by atoms with Gasteiger partial charge in [0.15, 0.2) is 0 Å². The average Bonchev–Trinajstić information content (AvgIpc) is 2.40. The first kappa shape index (κ1) is 18.3. The number of hydrogen-bond acceptors (Lipinski definition) is 4. The Morgan fingerprint density at radius 2 is 2.00 bits per heavy atom. The Morgan fingerprint density at radius 3 is 2.64 bits per heavy atom. The van der Waals surface area contributed by atoms with Crippen molar-refractivity contribution < 1.29 is 19.0 Å². The molecule has 0 heterocycles. The van der Waals surface area contributed by atoms with E-state index in [4.69, 9.17) is 14.2 Å². The average molecular weight is 309 g/mol. The van der Waals surface area contributed by atoms with Crippen molar-refractivity contribution in [3.05, 3.63) is 29.8 Å². The summed E-state index contributed by atoms with van der Waals surface area (Å²) >= 11 is 0. The predicted molar refractivity (Wildman–Crippen MR) is 86.1 cm³/mol. The standard InChI is InChI=1S/C17H27NO4/c1-13(2)21-12-14-7-6-8-15(11-14)20-10-9-18-16(19)22-17(3,4)5/h6-8,11,13H,9-10,12H2,1-5H3,(H,18,19). The van der Waals surface area contributed by atoms with Gasteiger partial charge >= 0.3 is 6.09 Å². The van der Waals surface area contributed by atoms with E-state index in [0.29, 0.717) is 19.8 Å². The van der Waals surface area contributed by atoms with Crippen LogP contribution in [0, 0.1) is 0 Å². The van der Waals surface area contributed by atoms with Crippen molar-refractivity contribution in [1.82, 2.24) is 5.32 Å². The summed E-state index contributed by atoms with van der Waals surface area (Å²) in [6.07, 6.45) is -0.238. The SMILES string of the molecule is CC(C)OCc1cccc(OCCNC(=O)OC(C)(C)C)c1. The molecule has 0 radical (unpaired) electrons. The van der Waals surface area contributed by atoms with E-state index in [1.807, 2.05) is 58.9 Å². The van der Waals surface area contributed by atoms with E-state index < -0.39 is 11.7 Å². The minimum Gasteiger partial charge on any atom is -0.492 e. The first-order valence-corrected chi connectivity index (χ1v) is 7.56. The van der Waals surface area contributed by atoms with E-state index in [9.17, 15) is 4.79 Å². The summed E-state index contributed by atoms with van der Waals surface area (Å²) in [5, 5.41) is 2.65. The van der Waals surface area contributed by atoms with Crippen LogP contribution in [0.4, 0.5) is 4.79 Å². The van der Waals surface area contributed by atoms with E-state index in [1.165, 1.54) is 0 Å². The van der Waals surface area contributed by atoms with Gasteiger partial charge in [0.2, 0.25) is 0 Å². The highest BCUT2D eigenvalue weighted by molar-refractivity contribution is 5.67. The molecule has 124 valence electrons. The van der Waals surface area contributed by atoms with Crippen LogP contribution in [-0.4, -0.2) is 30.9 Å². The van der Waals surface area contributed by atoms with Crippen LogP contribution < -0.4 is 10.1 Å². The third-order valence-corrected chi connectivity index (χ3v) is 2.52. The van der Waals surface area contributed by atoms with Gasteiger partial charge < -0.3 is 19.5 Å². The zero-order valence-corrected chi connectivity index (χ0v) is 14.1. The summed E-state index contributed by atoms with van der Waals surface area (Å²) in [5.41, 5.74) is 0.571. The third-order valence-electron chi connectivity index (χ3n) is 2.52. The number of alkyl carbamates (subject to hydrolysis) is 1. The van der Waals surface area contributed by atoms with Crippen molar-refractivity contribution in [2.24, 2.45) is 0 Å². The molecular weight excluding hydrogens is 282 g/mol. The smallest absolute Gasteiger partial charge is 0.407 e. The number of nitrogens with one attached hydrogen (secondary N) is 1. The van der Waals surface area contributed by atoms with Crippen LogP contribution in [0.25, 0.3) is 0 Å². The van der Waals surface area contributed by atoms with Gasteiger partial charge in [-0.2, -0.15) is 0 Å². The molecule has 0 aliphatic rings. The van der Waals surface area contributed by atoms with Crippen LogP contribution >= 0.6 is 0 Å². The Balaban J connectivity index is 2.30. The Morgan fingerprint density at radius 1 is 1.27 bits per heavy atom. The second kappa shape index (κ2) is 8.63. The summed E-state index contributed by atoms with van der Waals surface area (Å²) in [6, 6.07) is 7.74. The van der Waals surface area contributed by atoms with E-state index in [2.05, 4.69) is 5.32 Å². The molecule has 5 heteroatoms. The molecule has 1 aromatic rings. The lowest BCUT2D eigenvalue weighted by Crippen LogP contribution is -2.34. The van der Waals surface area contributed by atoms with E-state index in [1.54, 1.807) is 0 Å².